The van der Waals surface area contributed by atoms with E-state index < -0.39 is 0 Å². The molecule has 6 nitrogen and oxygen atoms in total. The molecule has 14 rings (SSSR count). The molecular formula is C60H34N6. The van der Waals surface area contributed by atoms with Crippen LogP contribution >= 0.6 is 0 Å². The number of hydrogen-bond acceptors (Lipinski definition) is 2. The number of benzene rings is 10. The van der Waals surface area contributed by atoms with Gasteiger partial charge in [-0.1, -0.05) is 127 Å². The van der Waals surface area contributed by atoms with Crippen LogP contribution in [0.2, 0.25) is 0 Å². The van der Waals surface area contributed by atoms with Crippen molar-refractivity contribution in [2.45, 2.75) is 0 Å². The molecule has 0 bridgehead atoms. The Morgan fingerprint density at radius 1 is 0.288 bits per heavy atom. The highest BCUT2D eigenvalue weighted by molar-refractivity contribution is 6.26. The molecule has 0 saturated heterocycles. The first-order chi connectivity index (χ1) is 32.7. The van der Waals surface area contributed by atoms with Crippen molar-refractivity contribution in [3.05, 3.63) is 217 Å². The summed E-state index contributed by atoms with van der Waals surface area (Å²) in [4.78, 5) is 0. The van der Waals surface area contributed by atoms with E-state index in [1.807, 2.05) is 24.3 Å². The van der Waals surface area contributed by atoms with Crippen LogP contribution in [0.5, 0.6) is 0 Å². The Bertz CT molecular complexity index is 4430. The maximum Gasteiger partial charge on any atom is 0.101 e. The molecule has 0 unspecified atom stereocenters. The minimum absolute atomic E-state index is 0.465. The van der Waals surface area contributed by atoms with Gasteiger partial charge in [-0.25, -0.2) is 0 Å². The number of nitriles is 2. The van der Waals surface area contributed by atoms with E-state index in [1.165, 1.54) is 10.8 Å². The maximum absolute atomic E-state index is 11.3. The Morgan fingerprint density at radius 2 is 0.758 bits per heavy atom. The van der Waals surface area contributed by atoms with Crippen LogP contribution in [0.15, 0.2) is 206 Å². The van der Waals surface area contributed by atoms with Crippen molar-refractivity contribution in [1.82, 2.24) is 18.3 Å². The molecule has 0 aliphatic rings. The molecule has 0 atom stereocenters. The van der Waals surface area contributed by atoms with Crippen molar-refractivity contribution >= 4 is 98.0 Å². The lowest BCUT2D eigenvalue weighted by molar-refractivity contribution is 1.12. The average Bonchev–Trinajstić information content (AvgIpc) is 4.11. The monoisotopic (exact) mass is 838 g/mol. The Hall–Kier alpha value is -9.36. The van der Waals surface area contributed by atoms with Crippen molar-refractivity contribution in [3.8, 4) is 34.9 Å². The van der Waals surface area contributed by atoms with Crippen LogP contribution in [0.4, 0.5) is 0 Å². The summed E-state index contributed by atoms with van der Waals surface area (Å²) in [5, 5.41) is 33.8. The number of hydrogen-bond donors (Lipinski definition) is 0. The summed E-state index contributed by atoms with van der Waals surface area (Å²) < 4.78 is 9.07. The first-order valence-electron chi connectivity index (χ1n) is 22.1. The van der Waals surface area contributed by atoms with Gasteiger partial charge in [0.05, 0.1) is 66.6 Å². The summed E-state index contributed by atoms with van der Waals surface area (Å²) in [6, 6.07) is 77.5. The minimum atomic E-state index is 0.465. The topological polar surface area (TPSA) is 67.3 Å². The largest absolute Gasteiger partial charge is 0.309 e. The summed E-state index contributed by atoms with van der Waals surface area (Å²) in [6.07, 6.45) is 0. The Labute approximate surface area is 377 Å². The molecule has 0 aliphatic carbocycles. The molecule has 0 N–H and O–H groups in total. The van der Waals surface area contributed by atoms with Gasteiger partial charge in [0.1, 0.15) is 12.1 Å². The van der Waals surface area contributed by atoms with Gasteiger partial charge in [-0.15, -0.1) is 0 Å². The van der Waals surface area contributed by atoms with Crippen LogP contribution in [0, 0.1) is 22.7 Å². The van der Waals surface area contributed by atoms with E-state index in [2.05, 4.69) is 212 Å². The molecule has 0 fully saturated rings. The number of fused-ring (bicyclic) bond motifs is 15. The van der Waals surface area contributed by atoms with E-state index in [4.69, 9.17) is 0 Å². The van der Waals surface area contributed by atoms with Crippen molar-refractivity contribution < 1.29 is 0 Å². The predicted molar refractivity (Wildman–Crippen MR) is 271 cm³/mol. The fourth-order valence-electron chi connectivity index (χ4n) is 11.1. The summed E-state index contributed by atoms with van der Waals surface area (Å²) in [6.45, 7) is 0. The number of nitrogens with zero attached hydrogens (tertiary/aromatic N) is 6. The van der Waals surface area contributed by atoms with E-state index >= 15 is 0 Å². The average molecular weight is 839 g/mol. The quantitative estimate of drug-likeness (QED) is 0.177. The fraction of sp³-hybridized carbons (Fsp3) is 0. The second kappa shape index (κ2) is 13.6. The van der Waals surface area contributed by atoms with Crippen molar-refractivity contribution in [2.24, 2.45) is 0 Å². The highest BCUT2D eigenvalue weighted by atomic mass is 15.0. The third-order valence-electron chi connectivity index (χ3n) is 13.8. The van der Waals surface area contributed by atoms with Gasteiger partial charge >= 0.3 is 0 Å². The van der Waals surface area contributed by atoms with Gasteiger partial charge < -0.3 is 18.3 Å². The molecule has 6 heteroatoms. The summed E-state index contributed by atoms with van der Waals surface area (Å²) >= 11 is 0. The molecule has 0 amide bonds. The SMILES string of the molecule is N#Cc1cc(-n2c3ccccc3c3ccc4c(c5ccccc5n4-c4ccccc4)c32)c(C#N)cc1-n1c2ccc(-n3c4ccccc4c4ccccc43)cc2c2c3ccccc3ccc21. The summed E-state index contributed by atoms with van der Waals surface area (Å²) in [7, 11) is 0. The molecule has 304 valence electrons. The molecule has 14 aromatic rings. The van der Waals surface area contributed by atoms with Gasteiger partial charge in [-0.2, -0.15) is 10.5 Å². The van der Waals surface area contributed by atoms with Gasteiger partial charge in [0.2, 0.25) is 0 Å². The van der Waals surface area contributed by atoms with E-state index in [1.54, 1.807) is 0 Å². The lowest BCUT2D eigenvalue weighted by Crippen LogP contribution is -2.04. The molecule has 0 aliphatic heterocycles. The third kappa shape index (κ3) is 4.82. The number of rotatable bonds is 4. The Kier molecular flexibility index (Phi) is 7.43. The van der Waals surface area contributed by atoms with Crippen LogP contribution in [-0.4, -0.2) is 18.3 Å². The van der Waals surface area contributed by atoms with Crippen LogP contribution in [0.25, 0.3) is 121 Å². The van der Waals surface area contributed by atoms with Gasteiger partial charge in [-0.3, -0.25) is 0 Å². The van der Waals surface area contributed by atoms with Gasteiger partial charge in [0, 0.05) is 54.5 Å². The Morgan fingerprint density at radius 3 is 1.42 bits per heavy atom. The lowest BCUT2D eigenvalue weighted by Gasteiger charge is -2.16. The molecule has 0 radical (unpaired) electrons. The lowest BCUT2D eigenvalue weighted by atomic mass is 10.0. The molecule has 0 saturated carbocycles. The highest BCUT2D eigenvalue weighted by Gasteiger charge is 2.25. The first kappa shape index (κ1) is 36.2. The fourth-order valence-corrected chi connectivity index (χ4v) is 11.1. The smallest absolute Gasteiger partial charge is 0.101 e. The van der Waals surface area contributed by atoms with Crippen LogP contribution in [-0.2, 0) is 0 Å². The van der Waals surface area contributed by atoms with Crippen LogP contribution < -0.4 is 0 Å². The summed E-state index contributed by atoms with van der Waals surface area (Å²) in [5.41, 5.74) is 12.7. The number of aromatic nitrogens is 4. The van der Waals surface area contributed by atoms with Crippen LogP contribution in [0.3, 0.4) is 0 Å². The highest BCUT2D eigenvalue weighted by Crippen LogP contribution is 2.45. The van der Waals surface area contributed by atoms with E-state index in [0.717, 1.165) is 98.6 Å². The molecule has 4 aromatic heterocycles. The third-order valence-corrected chi connectivity index (χ3v) is 13.8. The van der Waals surface area contributed by atoms with Crippen molar-refractivity contribution in [3.63, 3.8) is 0 Å². The maximum atomic E-state index is 11.3. The molecular weight excluding hydrogens is 805 g/mol. The van der Waals surface area contributed by atoms with Gasteiger partial charge in [-0.05, 0) is 89.6 Å². The van der Waals surface area contributed by atoms with Gasteiger partial charge in [0.15, 0.2) is 0 Å². The van der Waals surface area contributed by atoms with E-state index in [-0.39, 0.29) is 0 Å². The zero-order valence-corrected chi connectivity index (χ0v) is 35.3. The van der Waals surface area contributed by atoms with E-state index in [0.29, 0.717) is 22.5 Å². The normalized spacial score (nSPS) is 11.9. The second-order valence-corrected chi connectivity index (χ2v) is 17.1. The van der Waals surface area contributed by atoms with Crippen molar-refractivity contribution in [2.75, 3.05) is 0 Å². The van der Waals surface area contributed by atoms with Crippen molar-refractivity contribution in [1.29, 1.82) is 10.5 Å². The molecule has 4 heterocycles. The standard InChI is InChI=1S/C60H34N6/c61-35-38-33-57(66-51-24-12-8-20-45(51)46-28-31-55-59(60(46)66)47-21-9-13-25-52(47)63(55)40-15-2-1-3-16-40)39(36-62)32-56(38)65-53-30-27-41(34-48(53)58-42-17-5-4-14-37(42)26-29-54(58)65)64-49-22-10-6-18-43(49)44-19-7-11-23-50(44)64/h1-34H. The summed E-state index contributed by atoms with van der Waals surface area (Å²) in [5.74, 6) is 0. The van der Waals surface area contributed by atoms with E-state index in [9.17, 15) is 10.5 Å². The molecule has 10 aromatic carbocycles. The minimum Gasteiger partial charge on any atom is -0.309 e. The van der Waals surface area contributed by atoms with Gasteiger partial charge in [0.25, 0.3) is 0 Å². The molecule has 66 heavy (non-hydrogen) atoms. The zero-order valence-electron chi connectivity index (χ0n) is 35.3. The zero-order chi connectivity index (χ0) is 43.6. The predicted octanol–water partition coefficient (Wildman–Crippen LogP) is 15.0. The molecule has 0 spiro atoms. The first-order valence-corrected chi connectivity index (χ1v) is 22.1. The second-order valence-electron chi connectivity index (χ2n) is 17.1. The Balaban J connectivity index is 1.07. The number of para-hydroxylation sites is 5. The van der Waals surface area contributed by atoms with Crippen LogP contribution in [0.1, 0.15) is 11.1 Å².